The molecule has 17 heavy (non-hydrogen) atoms. The van der Waals surface area contributed by atoms with Crippen LogP contribution in [0.3, 0.4) is 0 Å². The van der Waals surface area contributed by atoms with Crippen LogP contribution in [0, 0.1) is 11.3 Å². The Kier molecular flexibility index (Phi) is 4.59. The number of nitrogens with two attached hydrogens (primary N) is 1. The largest absolute Gasteiger partial charge is 0.370 e. The summed E-state index contributed by atoms with van der Waals surface area (Å²) in [5, 5.41) is 3.60. The second-order valence-corrected chi connectivity index (χ2v) is 6.50. The first kappa shape index (κ1) is 14.5. The van der Waals surface area contributed by atoms with E-state index < -0.39 is 0 Å². The number of rotatable bonds is 5. The second-order valence-electron chi connectivity index (χ2n) is 6.50. The van der Waals surface area contributed by atoms with E-state index in [9.17, 15) is 4.79 Å². The molecule has 3 heteroatoms. The highest BCUT2D eigenvalue weighted by molar-refractivity contribution is 5.75. The van der Waals surface area contributed by atoms with Crippen molar-refractivity contribution in [3.63, 3.8) is 0 Å². The lowest BCUT2D eigenvalue weighted by molar-refractivity contribution is -0.121. The van der Waals surface area contributed by atoms with Crippen LogP contribution in [-0.4, -0.2) is 18.0 Å². The van der Waals surface area contributed by atoms with Gasteiger partial charge in [0.25, 0.3) is 0 Å². The van der Waals surface area contributed by atoms with Gasteiger partial charge in [0.15, 0.2) is 0 Å². The fraction of sp³-hybridized carbons (Fsp3) is 0.929. The highest BCUT2D eigenvalue weighted by atomic mass is 16.1. The van der Waals surface area contributed by atoms with E-state index in [4.69, 9.17) is 5.73 Å². The maximum Gasteiger partial charge on any atom is 0.219 e. The Balaban J connectivity index is 2.79. The molecule has 0 aromatic carbocycles. The van der Waals surface area contributed by atoms with Gasteiger partial charge < -0.3 is 11.1 Å². The average molecular weight is 240 g/mol. The molecule has 2 unspecified atom stereocenters. The van der Waals surface area contributed by atoms with E-state index in [1.165, 1.54) is 6.42 Å². The first-order valence-corrected chi connectivity index (χ1v) is 6.85. The van der Waals surface area contributed by atoms with Gasteiger partial charge in [-0.25, -0.2) is 0 Å². The lowest BCUT2D eigenvalue weighted by atomic mass is 9.62. The highest BCUT2D eigenvalue weighted by Crippen LogP contribution is 2.45. The molecule has 3 nitrogen and oxygen atoms in total. The molecule has 1 rings (SSSR count). The predicted octanol–water partition coefficient (Wildman–Crippen LogP) is 2.45. The third-order valence-electron chi connectivity index (χ3n) is 4.27. The Morgan fingerprint density at radius 3 is 2.53 bits per heavy atom. The SMILES string of the molecule is CCCNC1(CC(N)=O)CCC(C)(C)CC1C. The first-order chi connectivity index (χ1) is 7.81. The Morgan fingerprint density at radius 2 is 2.06 bits per heavy atom. The van der Waals surface area contributed by atoms with E-state index in [0.29, 0.717) is 17.8 Å². The minimum Gasteiger partial charge on any atom is -0.370 e. The lowest BCUT2D eigenvalue weighted by Gasteiger charge is -2.48. The van der Waals surface area contributed by atoms with E-state index in [1.54, 1.807) is 0 Å². The van der Waals surface area contributed by atoms with Gasteiger partial charge in [0, 0.05) is 12.0 Å². The van der Waals surface area contributed by atoms with Gasteiger partial charge >= 0.3 is 0 Å². The molecule has 0 radical (unpaired) electrons. The molecule has 1 saturated carbocycles. The number of hydrogen-bond donors (Lipinski definition) is 2. The van der Waals surface area contributed by atoms with E-state index >= 15 is 0 Å². The van der Waals surface area contributed by atoms with Crippen molar-refractivity contribution in [2.75, 3.05) is 6.54 Å². The van der Waals surface area contributed by atoms with Gasteiger partial charge in [-0.2, -0.15) is 0 Å². The quantitative estimate of drug-likeness (QED) is 0.775. The molecule has 0 aromatic heterocycles. The van der Waals surface area contributed by atoms with Crippen LogP contribution in [0.1, 0.15) is 59.8 Å². The van der Waals surface area contributed by atoms with Crippen LogP contribution in [0.25, 0.3) is 0 Å². The summed E-state index contributed by atoms with van der Waals surface area (Å²) in [5.41, 5.74) is 5.77. The lowest BCUT2D eigenvalue weighted by Crippen LogP contribution is -2.56. The number of carbonyl (C=O) groups excluding carboxylic acids is 1. The Morgan fingerprint density at radius 1 is 1.41 bits per heavy atom. The summed E-state index contributed by atoms with van der Waals surface area (Å²) >= 11 is 0. The van der Waals surface area contributed by atoms with E-state index in [1.807, 2.05) is 0 Å². The number of hydrogen-bond acceptors (Lipinski definition) is 2. The molecule has 0 saturated heterocycles. The van der Waals surface area contributed by atoms with Crippen LogP contribution in [0.2, 0.25) is 0 Å². The maximum absolute atomic E-state index is 11.3. The smallest absolute Gasteiger partial charge is 0.219 e. The third-order valence-corrected chi connectivity index (χ3v) is 4.27. The maximum atomic E-state index is 11.3. The van der Waals surface area contributed by atoms with Crippen molar-refractivity contribution in [3.05, 3.63) is 0 Å². The third kappa shape index (κ3) is 3.70. The zero-order valence-electron chi connectivity index (χ0n) is 11.8. The van der Waals surface area contributed by atoms with Crippen molar-refractivity contribution >= 4 is 5.91 Å². The monoisotopic (exact) mass is 240 g/mol. The summed E-state index contributed by atoms with van der Waals surface area (Å²) in [6.07, 6.45) is 4.96. The van der Waals surface area contributed by atoms with Gasteiger partial charge in [-0.1, -0.05) is 27.7 Å². The van der Waals surface area contributed by atoms with E-state index in [-0.39, 0.29) is 11.4 Å². The number of primary amides is 1. The topological polar surface area (TPSA) is 55.1 Å². The molecule has 3 N–H and O–H groups in total. The van der Waals surface area contributed by atoms with Gasteiger partial charge in [-0.05, 0) is 43.6 Å². The molecule has 0 bridgehead atoms. The van der Waals surface area contributed by atoms with Crippen molar-refractivity contribution in [2.24, 2.45) is 17.1 Å². The zero-order valence-corrected chi connectivity index (χ0v) is 11.8. The summed E-state index contributed by atoms with van der Waals surface area (Å²) in [7, 11) is 0. The average Bonchev–Trinajstić information content (AvgIpc) is 2.19. The van der Waals surface area contributed by atoms with Gasteiger partial charge in [-0.15, -0.1) is 0 Å². The fourth-order valence-corrected chi connectivity index (χ4v) is 3.21. The Bertz CT molecular complexity index is 275. The molecule has 2 atom stereocenters. The predicted molar refractivity (Wildman–Crippen MR) is 71.6 cm³/mol. The molecule has 1 aliphatic carbocycles. The Labute approximate surface area is 106 Å². The normalized spacial score (nSPS) is 32.4. The standard InChI is InChI=1S/C14H28N2O/c1-5-8-16-14(10-12(15)17)7-6-13(3,4)9-11(14)2/h11,16H,5-10H2,1-4H3,(H2,15,17). The van der Waals surface area contributed by atoms with Crippen molar-refractivity contribution in [1.29, 1.82) is 0 Å². The molecular weight excluding hydrogens is 212 g/mol. The summed E-state index contributed by atoms with van der Waals surface area (Å²) < 4.78 is 0. The summed E-state index contributed by atoms with van der Waals surface area (Å²) in [5.74, 6) is 0.324. The number of carbonyl (C=O) groups is 1. The van der Waals surface area contributed by atoms with Gasteiger partial charge in [0.2, 0.25) is 5.91 Å². The molecule has 1 aliphatic rings. The van der Waals surface area contributed by atoms with E-state index in [0.717, 1.165) is 25.8 Å². The molecule has 0 aromatic rings. The van der Waals surface area contributed by atoms with Crippen LogP contribution >= 0.6 is 0 Å². The van der Waals surface area contributed by atoms with Crippen LogP contribution < -0.4 is 11.1 Å². The molecular formula is C14H28N2O. The second kappa shape index (κ2) is 5.38. The number of nitrogens with one attached hydrogen (secondary N) is 1. The summed E-state index contributed by atoms with van der Waals surface area (Å²) in [6, 6.07) is 0. The molecule has 1 fully saturated rings. The van der Waals surface area contributed by atoms with Crippen molar-refractivity contribution in [3.8, 4) is 0 Å². The first-order valence-electron chi connectivity index (χ1n) is 6.85. The molecule has 1 amide bonds. The van der Waals surface area contributed by atoms with Crippen LogP contribution in [0.4, 0.5) is 0 Å². The van der Waals surface area contributed by atoms with Gasteiger partial charge in [-0.3, -0.25) is 4.79 Å². The Hall–Kier alpha value is -0.570. The highest BCUT2D eigenvalue weighted by Gasteiger charge is 2.44. The minimum atomic E-state index is -0.180. The van der Waals surface area contributed by atoms with Crippen LogP contribution in [-0.2, 0) is 4.79 Å². The summed E-state index contributed by atoms with van der Waals surface area (Å²) in [4.78, 5) is 11.3. The molecule has 0 spiro atoms. The van der Waals surface area contributed by atoms with Crippen molar-refractivity contribution in [1.82, 2.24) is 5.32 Å². The van der Waals surface area contributed by atoms with Gasteiger partial charge in [0.05, 0.1) is 0 Å². The van der Waals surface area contributed by atoms with Gasteiger partial charge in [0.1, 0.15) is 0 Å². The molecule has 0 aliphatic heterocycles. The molecule has 100 valence electrons. The fourth-order valence-electron chi connectivity index (χ4n) is 3.21. The summed E-state index contributed by atoms with van der Waals surface area (Å²) in [6.45, 7) is 10.0. The minimum absolute atomic E-state index is 0.0582. The van der Waals surface area contributed by atoms with Crippen molar-refractivity contribution in [2.45, 2.75) is 65.3 Å². The van der Waals surface area contributed by atoms with E-state index in [2.05, 4.69) is 33.0 Å². The number of amides is 1. The van der Waals surface area contributed by atoms with Crippen LogP contribution in [0.5, 0.6) is 0 Å². The molecule has 0 heterocycles. The zero-order chi connectivity index (χ0) is 13.1. The van der Waals surface area contributed by atoms with Crippen LogP contribution in [0.15, 0.2) is 0 Å². The van der Waals surface area contributed by atoms with Crippen molar-refractivity contribution < 1.29 is 4.79 Å².